The van der Waals surface area contributed by atoms with Crippen LogP contribution in [0.2, 0.25) is 0 Å². The maximum atomic E-state index is 6.09. The predicted octanol–water partition coefficient (Wildman–Crippen LogP) is 4.25. The van der Waals surface area contributed by atoms with Crippen LogP contribution in [0.25, 0.3) is 0 Å². The van der Waals surface area contributed by atoms with Gasteiger partial charge in [-0.15, -0.1) is 0 Å². The molecule has 1 aliphatic carbocycles. The summed E-state index contributed by atoms with van der Waals surface area (Å²) in [5, 5.41) is 0. The summed E-state index contributed by atoms with van der Waals surface area (Å²) >= 11 is -3.68. The molecule has 0 heterocycles. The monoisotopic (exact) mass is 436 g/mol. The van der Waals surface area contributed by atoms with Crippen LogP contribution in [0.1, 0.15) is 47.5 Å². The Kier molecular flexibility index (Phi) is 7.73. The summed E-state index contributed by atoms with van der Waals surface area (Å²) in [6.45, 7) is 12.6. The van der Waals surface area contributed by atoms with Crippen LogP contribution in [-0.2, 0) is 29.8 Å². The molecule has 0 unspecified atom stereocenters. The van der Waals surface area contributed by atoms with E-state index in [1.54, 1.807) is 0 Å². The van der Waals surface area contributed by atoms with Crippen molar-refractivity contribution in [2.75, 3.05) is 19.8 Å². The van der Waals surface area contributed by atoms with Gasteiger partial charge in [0, 0.05) is 0 Å². The molecule has 0 aromatic rings. The Hall–Kier alpha value is 0.230. The average molecular weight is 435 g/mol. The average Bonchev–Trinajstić information content (AvgIpc) is 2.77. The molecule has 1 aliphatic rings. The minimum absolute atomic E-state index is 0.642. The first-order valence-corrected chi connectivity index (χ1v) is 13.6. The summed E-state index contributed by atoms with van der Waals surface area (Å²) < 4.78 is 19.6. The molecule has 0 amide bonds. The summed E-state index contributed by atoms with van der Waals surface area (Å²) in [5.74, 6) is 0.642. The van der Waals surface area contributed by atoms with Crippen LogP contribution in [0.3, 0.4) is 0 Å². The van der Waals surface area contributed by atoms with E-state index in [9.17, 15) is 0 Å². The van der Waals surface area contributed by atoms with Gasteiger partial charge in [-0.05, 0) is 0 Å². The molecule has 4 heteroatoms. The fourth-order valence-corrected chi connectivity index (χ4v) is 12.7. The molecular formula is C15H28HfO3. The van der Waals surface area contributed by atoms with Gasteiger partial charge >= 0.3 is 124 Å². The van der Waals surface area contributed by atoms with Crippen LogP contribution >= 0.6 is 0 Å². The van der Waals surface area contributed by atoms with Crippen molar-refractivity contribution in [1.82, 2.24) is 0 Å². The molecular weight excluding hydrogens is 407 g/mol. The summed E-state index contributed by atoms with van der Waals surface area (Å²) in [5.41, 5.74) is 1.40. The van der Waals surface area contributed by atoms with Crippen molar-refractivity contribution in [2.45, 2.75) is 47.5 Å². The Balaban J connectivity index is 3.06. The van der Waals surface area contributed by atoms with E-state index >= 15 is 0 Å². The van der Waals surface area contributed by atoms with Gasteiger partial charge in [-0.1, -0.05) is 0 Å². The fourth-order valence-electron chi connectivity index (χ4n) is 2.46. The van der Waals surface area contributed by atoms with Crippen molar-refractivity contribution in [3.8, 4) is 0 Å². The van der Waals surface area contributed by atoms with E-state index in [4.69, 9.17) is 8.56 Å². The first kappa shape index (κ1) is 17.3. The zero-order chi connectivity index (χ0) is 14.3. The molecule has 0 fully saturated rings. The molecule has 0 saturated carbocycles. The van der Waals surface area contributed by atoms with Gasteiger partial charge in [-0.2, -0.15) is 0 Å². The van der Waals surface area contributed by atoms with Crippen LogP contribution in [0.5, 0.6) is 0 Å². The van der Waals surface area contributed by atoms with Gasteiger partial charge in [0.05, 0.1) is 0 Å². The number of hydrogen-bond donors (Lipinski definition) is 0. The van der Waals surface area contributed by atoms with Crippen molar-refractivity contribution in [3.05, 3.63) is 21.1 Å². The van der Waals surface area contributed by atoms with E-state index in [0.29, 0.717) is 25.7 Å². The Bertz CT molecular complexity index is 317. The van der Waals surface area contributed by atoms with E-state index in [1.165, 1.54) is 8.90 Å². The number of allylic oxidation sites excluding steroid dienone is 4. The van der Waals surface area contributed by atoms with Crippen LogP contribution < -0.4 is 0 Å². The molecule has 0 aliphatic heterocycles. The second kappa shape index (κ2) is 8.50. The summed E-state index contributed by atoms with van der Waals surface area (Å²) in [6.07, 6.45) is 6.49. The molecule has 0 bridgehead atoms. The van der Waals surface area contributed by atoms with Gasteiger partial charge in [0.15, 0.2) is 0 Å². The van der Waals surface area contributed by atoms with E-state index in [2.05, 4.69) is 26.0 Å². The molecule has 0 aromatic carbocycles. The van der Waals surface area contributed by atoms with Crippen molar-refractivity contribution in [1.29, 1.82) is 0 Å². The maximum absolute atomic E-state index is 6.09. The zero-order valence-electron chi connectivity index (χ0n) is 13.0. The van der Waals surface area contributed by atoms with Gasteiger partial charge in [0.25, 0.3) is 0 Å². The van der Waals surface area contributed by atoms with Crippen LogP contribution in [0.4, 0.5) is 0 Å². The van der Waals surface area contributed by atoms with Gasteiger partial charge in [-0.25, -0.2) is 0 Å². The molecule has 1 rings (SSSR count). The third-order valence-corrected chi connectivity index (χ3v) is 14.8. The van der Waals surface area contributed by atoms with Crippen LogP contribution in [0.15, 0.2) is 21.1 Å². The quantitative estimate of drug-likeness (QED) is 0.508. The molecule has 0 atom stereocenters. The first-order valence-electron chi connectivity index (χ1n) is 7.40. The molecule has 19 heavy (non-hydrogen) atoms. The molecule has 0 N–H and O–H groups in total. The normalized spacial score (nSPS) is 15.9. The van der Waals surface area contributed by atoms with Gasteiger partial charge in [0.2, 0.25) is 0 Å². The van der Waals surface area contributed by atoms with Crippen molar-refractivity contribution in [3.63, 3.8) is 0 Å². The standard InChI is InChI=1S/C9H13.3C2H5O.Hf/c1-8(2)7-9-5-3-4-6-9;3*1-2-3;/h3,5,8H,4,7H2,1-2H3;3*2H2,1H3;/q;3*-1;+3. The van der Waals surface area contributed by atoms with Crippen LogP contribution in [0, 0.1) is 5.92 Å². The topological polar surface area (TPSA) is 27.7 Å². The van der Waals surface area contributed by atoms with E-state index in [-0.39, 0.29) is 0 Å². The summed E-state index contributed by atoms with van der Waals surface area (Å²) in [7, 11) is 0. The predicted molar refractivity (Wildman–Crippen MR) is 75.1 cm³/mol. The number of rotatable bonds is 9. The minimum atomic E-state index is -3.68. The second-order valence-electron chi connectivity index (χ2n) is 5.06. The SMILES string of the molecule is CC[O][Hf]([O]CC)([O]CC)[C]1=C(CC(C)C)C=CC1. The van der Waals surface area contributed by atoms with E-state index in [0.717, 1.165) is 12.8 Å². The fraction of sp³-hybridized carbons (Fsp3) is 0.733. The molecule has 0 aromatic heterocycles. The Morgan fingerprint density at radius 1 is 1.05 bits per heavy atom. The number of hydrogen-bond acceptors (Lipinski definition) is 3. The Labute approximate surface area is 124 Å². The third kappa shape index (κ3) is 4.62. The molecule has 0 radical (unpaired) electrons. The van der Waals surface area contributed by atoms with Crippen molar-refractivity contribution < 1.29 is 29.8 Å². The second-order valence-corrected chi connectivity index (χ2v) is 14.3. The summed E-state index contributed by atoms with van der Waals surface area (Å²) in [4.78, 5) is 0. The third-order valence-electron chi connectivity index (χ3n) is 3.03. The first-order chi connectivity index (χ1) is 9.09. The van der Waals surface area contributed by atoms with Gasteiger partial charge in [0.1, 0.15) is 0 Å². The van der Waals surface area contributed by atoms with Gasteiger partial charge < -0.3 is 0 Å². The van der Waals surface area contributed by atoms with Gasteiger partial charge in [-0.3, -0.25) is 0 Å². The molecule has 0 spiro atoms. The van der Waals surface area contributed by atoms with E-state index < -0.39 is 21.3 Å². The Morgan fingerprint density at radius 2 is 1.58 bits per heavy atom. The van der Waals surface area contributed by atoms with Crippen molar-refractivity contribution in [2.24, 2.45) is 5.92 Å². The zero-order valence-corrected chi connectivity index (χ0v) is 16.6. The molecule has 0 saturated heterocycles. The summed E-state index contributed by atoms with van der Waals surface area (Å²) in [6, 6.07) is 0. The molecule has 3 nitrogen and oxygen atoms in total. The molecule has 110 valence electrons. The van der Waals surface area contributed by atoms with Crippen LogP contribution in [-0.4, -0.2) is 19.8 Å². The van der Waals surface area contributed by atoms with E-state index in [1.807, 2.05) is 20.8 Å². The Morgan fingerprint density at radius 3 is 2.00 bits per heavy atom. The van der Waals surface area contributed by atoms with Crippen molar-refractivity contribution >= 4 is 0 Å².